The van der Waals surface area contributed by atoms with Gasteiger partial charge in [0.2, 0.25) is 0 Å². The molecule has 23 heavy (non-hydrogen) atoms. The third kappa shape index (κ3) is 8.27. The van der Waals surface area contributed by atoms with Crippen LogP contribution in [0.3, 0.4) is 0 Å². The zero-order valence-electron chi connectivity index (χ0n) is 14.4. The maximum absolute atomic E-state index is 9.76. The van der Waals surface area contributed by atoms with E-state index >= 15 is 0 Å². The van der Waals surface area contributed by atoms with E-state index in [-0.39, 0.29) is 13.2 Å². The van der Waals surface area contributed by atoms with Crippen LogP contribution in [0.4, 0.5) is 0 Å². The Morgan fingerprint density at radius 3 is 2.35 bits per heavy atom. The Morgan fingerprint density at radius 1 is 1.09 bits per heavy atom. The zero-order valence-corrected chi connectivity index (χ0v) is 14.4. The normalized spacial score (nSPS) is 26.2. The van der Waals surface area contributed by atoms with Gasteiger partial charge in [0.15, 0.2) is 0 Å². The summed E-state index contributed by atoms with van der Waals surface area (Å²) >= 11 is 0. The van der Waals surface area contributed by atoms with E-state index in [1.165, 1.54) is 25.7 Å². The number of hydrogen-bond acceptors (Lipinski definition) is 5. The predicted octanol–water partition coefficient (Wildman–Crippen LogP) is 2.18. The molecular formula is C18H34O5. The molecule has 0 unspecified atom stereocenters. The van der Waals surface area contributed by atoms with E-state index in [9.17, 15) is 15.3 Å². The van der Waals surface area contributed by atoms with E-state index in [1.54, 1.807) is 0 Å². The molecule has 4 atom stereocenters. The summed E-state index contributed by atoms with van der Waals surface area (Å²) in [6, 6.07) is 0. The van der Waals surface area contributed by atoms with Crippen molar-refractivity contribution in [3.05, 3.63) is 12.2 Å². The highest BCUT2D eigenvalue weighted by atomic mass is 16.6. The lowest BCUT2D eigenvalue weighted by molar-refractivity contribution is -0.101. The maximum atomic E-state index is 9.76. The van der Waals surface area contributed by atoms with Gasteiger partial charge in [-0.05, 0) is 32.1 Å². The molecule has 1 aliphatic rings. The second-order valence-corrected chi connectivity index (χ2v) is 6.26. The minimum Gasteiger partial charge on any atom is -0.394 e. The second-order valence-electron chi connectivity index (χ2n) is 6.26. The van der Waals surface area contributed by atoms with Crippen LogP contribution in [-0.4, -0.2) is 59.6 Å². The summed E-state index contributed by atoms with van der Waals surface area (Å²) in [5.41, 5.74) is 0. The van der Waals surface area contributed by atoms with Crippen LogP contribution in [0.1, 0.15) is 58.3 Å². The van der Waals surface area contributed by atoms with Gasteiger partial charge in [-0.1, -0.05) is 38.3 Å². The first kappa shape index (κ1) is 20.6. The van der Waals surface area contributed by atoms with Gasteiger partial charge in [0.1, 0.15) is 24.4 Å². The number of ether oxygens (including phenoxy) is 2. The SMILES string of the molecule is CCCCC/C=C/CCCCCO[C@@H](CO)[C@@H]1OC[C@@H](O)[C@@H]1O. The molecule has 0 amide bonds. The predicted molar refractivity (Wildman–Crippen MR) is 90.3 cm³/mol. The summed E-state index contributed by atoms with van der Waals surface area (Å²) < 4.78 is 10.9. The highest BCUT2D eigenvalue weighted by Gasteiger charge is 2.40. The molecule has 1 aliphatic heterocycles. The fraction of sp³-hybridized carbons (Fsp3) is 0.889. The first-order valence-corrected chi connectivity index (χ1v) is 9.05. The van der Waals surface area contributed by atoms with Gasteiger partial charge >= 0.3 is 0 Å². The van der Waals surface area contributed by atoms with E-state index in [4.69, 9.17) is 9.47 Å². The molecule has 0 spiro atoms. The zero-order chi connectivity index (χ0) is 16.9. The quantitative estimate of drug-likeness (QED) is 0.356. The van der Waals surface area contributed by atoms with Gasteiger partial charge in [0, 0.05) is 6.61 Å². The number of unbranched alkanes of at least 4 members (excludes halogenated alkanes) is 6. The third-order valence-corrected chi connectivity index (χ3v) is 4.22. The molecule has 0 aromatic heterocycles. The fourth-order valence-electron chi connectivity index (χ4n) is 2.73. The van der Waals surface area contributed by atoms with E-state index in [0.717, 1.165) is 25.7 Å². The lowest BCUT2D eigenvalue weighted by atomic mass is 10.1. The Morgan fingerprint density at radius 2 is 1.78 bits per heavy atom. The third-order valence-electron chi connectivity index (χ3n) is 4.22. The monoisotopic (exact) mass is 330 g/mol. The summed E-state index contributed by atoms with van der Waals surface area (Å²) in [5, 5.41) is 28.6. The molecule has 0 aromatic rings. The number of allylic oxidation sites excluding steroid dienone is 2. The molecule has 0 saturated carbocycles. The number of hydrogen-bond donors (Lipinski definition) is 3. The average molecular weight is 330 g/mol. The van der Waals surface area contributed by atoms with E-state index in [1.807, 2.05) is 0 Å². The lowest BCUT2D eigenvalue weighted by Gasteiger charge is -2.24. The number of rotatable bonds is 13. The largest absolute Gasteiger partial charge is 0.394 e. The molecule has 5 nitrogen and oxygen atoms in total. The van der Waals surface area contributed by atoms with Crippen LogP contribution >= 0.6 is 0 Å². The number of aliphatic hydroxyl groups is 3. The Hall–Kier alpha value is -0.460. The molecule has 5 heteroatoms. The first-order valence-electron chi connectivity index (χ1n) is 9.05. The minimum atomic E-state index is -0.981. The standard InChI is InChI=1S/C18H34O5/c1-2-3-4-5-6-7-8-9-10-11-12-22-16(13-19)18-17(21)15(20)14-23-18/h6-7,15-21H,2-5,8-14H2,1H3/b7-6+/t15-,16+,17+,18+/m1/s1. The first-order chi connectivity index (χ1) is 11.2. The van der Waals surface area contributed by atoms with Crippen LogP contribution < -0.4 is 0 Å². The fourth-order valence-corrected chi connectivity index (χ4v) is 2.73. The average Bonchev–Trinajstić information content (AvgIpc) is 2.88. The Labute approximate surface area is 140 Å². The molecular weight excluding hydrogens is 296 g/mol. The summed E-state index contributed by atoms with van der Waals surface area (Å²) in [5.74, 6) is 0. The molecule has 1 saturated heterocycles. The Bertz CT molecular complexity index is 308. The Kier molecular flexibility index (Phi) is 11.5. The second kappa shape index (κ2) is 12.9. The molecule has 136 valence electrons. The van der Waals surface area contributed by atoms with E-state index in [2.05, 4.69) is 19.1 Å². The van der Waals surface area contributed by atoms with Gasteiger partial charge in [-0.2, -0.15) is 0 Å². The van der Waals surface area contributed by atoms with Gasteiger partial charge in [0.25, 0.3) is 0 Å². The van der Waals surface area contributed by atoms with Crippen LogP contribution in [0.2, 0.25) is 0 Å². The van der Waals surface area contributed by atoms with Crippen molar-refractivity contribution >= 4 is 0 Å². The lowest BCUT2D eigenvalue weighted by Crippen LogP contribution is -2.42. The summed E-state index contributed by atoms with van der Waals surface area (Å²) in [6.07, 6.45) is 10.8. The summed E-state index contributed by atoms with van der Waals surface area (Å²) in [6.45, 7) is 2.63. The van der Waals surface area contributed by atoms with Crippen molar-refractivity contribution in [1.29, 1.82) is 0 Å². The topological polar surface area (TPSA) is 79.2 Å². The highest BCUT2D eigenvalue weighted by Crippen LogP contribution is 2.19. The van der Waals surface area contributed by atoms with Crippen LogP contribution in [0.15, 0.2) is 12.2 Å². The van der Waals surface area contributed by atoms with Crippen LogP contribution in [0, 0.1) is 0 Å². The summed E-state index contributed by atoms with van der Waals surface area (Å²) in [7, 11) is 0. The van der Waals surface area contributed by atoms with Gasteiger partial charge < -0.3 is 24.8 Å². The van der Waals surface area contributed by atoms with E-state index < -0.39 is 24.4 Å². The van der Waals surface area contributed by atoms with Gasteiger partial charge in [0.05, 0.1) is 13.2 Å². The van der Waals surface area contributed by atoms with Crippen molar-refractivity contribution in [3.8, 4) is 0 Å². The van der Waals surface area contributed by atoms with Crippen molar-refractivity contribution in [2.24, 2.45) is 0 Å². The minimum absolute atomic E-state index is 0.0935. The van der Waals surface area contributed by atoms with Gasteiger partial charge in [-0.15, -0.1) is 0 Å². The molecule has 1 rings (SSSR count). The van der Waals surface area contributed by atoms with Crippen LogP contribution in [-0.2, 0) is 9.47 Å². The molecule has 0 bridgehead atoms. The van der Waals surface area contributed by atoms with Crippen molar-refractivity contribution < 1.29 is 24.8 Å². The van der Waals surface area contributed by atoms with Crippen molar-refractivity contribution in [3.63, 3.8) is 0 Å². The molecule has 0 aliphatic carbocycles. The maximum Gasteiger partial charge on any atom is 0.114 e. The van der Waals surface area contributed by atoms with E-state index in [0.29, 0.717) is 6.61 Å². The van der Waals surface area contributed by atoms with Crippen molar-refractivity contribution in [2.45, 2.75) is 82.7 Å². The molecule has 0 aromatic carbocycles. The van der Waals surface area contributed by atoms with Crippen LogP contribution in [0.5, 0.6) is 0 Å². The van der Waals surface area contributed by atoms with Gasteiger partial charge in [-0.25, -0.2) is 0 Å². The Balaban J connectivity index is 2.01. The highest BCUT2D eigenvalue weighted by molar-refractivity contribution is 4.88. The van der Waals surface area contributed by atoms with Crippen LogP contribution in [0.25, 0.3) is 0 Å². The number of aliphatic hydroxyl groups excluding tert-OH is 3. The van der Waals surface area contributed by atoms with Crippen molar-refractivity contribution in [1.82, 2.24) is 0 Å². The molecule has 1 fully saturated rings. The molecule has 3 N–H and O–H groups in total. The summed E-state index contributed by atoms with van der Waals surface area (Å²) in [4.78, 5) is 0. The smallest absolute Gasteiger partial charge is 0.114 e. The van der Waals surface area contributed by atoms with Crippen molar-refractivity contribution in [2.75, 3.05) is 19.8 Å². The van der Waals surface area contributed by atoms with Gasteiger partial charge in [-0.3, -0.25) is 0 Å². The molecule has 0 radical (unpaired) electrons. The molecule has 1 heterocycles.